The van der Waals surface area contributed by atoms with Crippen LogP contribution in [-0.4, -0.2) is 38.4 Å². The second-order valence-corrected chi connectivity index (χ2v) is 4.96. The Morgan fingerprint density at radius 3 is 2.45 bits per heavy atom. The van der Waals surface area contributed by atoms with Gasteiger partial charge in [-0.05, 0) is 19.4 Å². The zero-order valence-electron chi connectivity index (χ0n) is 12.5. The van der Waals surface area contributed by atoms with Crippen molar-refractivity contribution in [2.24, 2.45) is 0 Å². The molecule has 1 aromatic heterocycles. The number of rotatable bonds is 5. The Morgan fingerprint density at radius 2 is 1.86 bits per heavy atom. The molecule has 1 aromatic carbocycles. The van der Waals surface area contributed by atoms with Crippen LogP contribution in [-0.2, 0) is 11.3 Å². The van der Waals surface area contributed by atoms with Crippen LogP contribution in [0.1, 0.15) is 27.4 Å². The molecule has 0 saturated heterocycles. The monoisotopic (exact) mass is 299 g/mol. The van der Waals surface area contributed by atoms with Gasteiger partial charge in [-0.2, -0.15) is 0 Å². The van der Waals surface area contributed by atoms with Crippen LogP contribution in [0.15, 0.2) is 36.5 Å². The van der Waals surface area contributed by atoms with Crippen molar-refractivity contribution in [3.05, 3.63) is 59.2 Å². The lowest BCUT2D eigenvalue weighted by Crippen LogP contribution is -2.35. The van der Waals surface area contributed by atoms with Gasteiger partial charge in [0.05, 0.1) is 11.3 Å². The lowest BCUT2D eigenvalue weighted by atomic mass is 10.1. The van der Waals surface area contributed by atoms with Gasteiger partial charge in [0.15, 0.2) is 0 Å². The molecule has 0 unspecified atom stereocenters. The van der Waals surface area contributed by atoms with Crippen LogP contribution in [0.25, 0.3) is 0 Å². The van der Waals surface area contributed by atoms with Gasteiger partial charge in [0.25, 0.3) is 5.91 Å². The number of nitrogens with zero attached hydrogens (tertiary/aromatic N) is 3. The highest BCUT2D eigenvalue weighted by atomic mass is 16.4. The second-order valence-electron chi connectivity index (χ2n) is 4.96. The molecule has 0 spiro atoms. The third-order valence-electron chi connectivity index (χ3n) is 3.16. The molecule has 0 fully saturated rings. The first-order valence-corrected chi connectivity index (χ1v) is 6.82. The highest BCUT2D eigenvalue weighted by molar-refractivity contribution is 5.96. The standard InChI is InChI=1S/C16H17N3O3/c1-11-14(8-17-12(2)18-11)16(22)19(10-15(20)21)9-13-6-4-3-5-7-13/h3-8H,9-10H2,1-2H3,(H,20,21). The molecule has 0 saturated carbocycles. The van der Waals surface area contributed by atoms with Gasteiger partial charge < -0.3 is 10.0 Å². The van der Waals surface area contributed by atoms with Crippen molar-refractivity contribution in [2.45, 2.75) is 20.4 Å². The molecule has 0 aliphatic carbocycles. The number of carbonyl (C=O) groups is 2. The number of aryl methyl sites for hydroxylation is 2. The maximum absolute atomic E-state index is 12.6. The van der Waals surface area contributed by atoms with E-state index in [2.05, 4.69) is 9.97 Å². The first-order chi connectivity index (χ1) is 10.5. The Morgan fingerprint density at radius 1 is 1.18 bits per heavy atom. The number of hydrogen-bond donors (Lipinski definition) is 1. The third-order valence-corrected chi connectivity index (χ3v) is 3.16. The lowest BCUT2D eigenvalue weighted by Gasteiger charge is -2.21. The SMILES string of the molecule is Cc1ncc(C(=O)N(CC(=O)O)Cc2ccccc2)c(C)n1. The summed E-state index contributed by atoms with van der Waals surface area (Å²) in [7, 11) is 0. The molecule has 0 aliphatic heterocycles. The molecule has 1 amide bonds. The average Bonchev–Trinajstić information content (AvgIpc) is 2.46. The summed E-state index contributed by atoms with van der Waals surface area (Å²) >= 11 is 0. The topological polar surface area (TPSA) is 83.4 Å². The minimum absolute atomic E-state index is 0.222. The lowest BCUT2D eigenvalue weighted by molar-refractivity contribution is -0.137. The Kier molecular flexibility index (Phi) is 4.83. The number of carboxylic acids is 1. The van der Waals surface area contributed by atoms with Crippen molar-refractivity contribution in [3.8, 4) is 0 Å². The van der Waals surface area contributed by atoms with Gasteiger partial charge >= 0.3 is 5.97 Å². The van der Waals surface area contributed by atoms with E-state index in [0.717, 1.165) is 5.56 Å². The van der Waals surface area contributed by atoms with Gasteiger partial charge in [0.1, 0.15) is 12.4 Å². The fourth-order valence-electron chi connectivity index (χ4n) is 2.13. The van der Waals surface area contributed by atoms with Gasteiger partial charge in [0, 0.05) is 12.7 Å². The summed E-state index contributed by atoms with van der Waals surface area (Å²) in [6.45, 7) is 3.30. The van der Waals surface area contributed by atoms with Crippen molar-refractivity contribution in [2.75, 3.05) is 6.54 Å². The summed E-state index contributed by atoms with van der Waals surface area (Å²) in [6.07, 6.45) is 1.44. The number of aromatic nitrogens is 2. The predicted octanol–water partition coefficient (Wildman–Crippen LogP) is 1.82. The minimum Gasteiger partial charge on any atom is -0.480 e. The zero-order valence-corrected chi connectivity index (χ0v) is 12.5. The largest absolute Gasteiger partial charge is 0.480 e. The quantitative estimate of drug-likeness (QED) is 0.910. The first kappa shape index (κ1) is 15.6. The van der Waals surface area contributed by atoms with E-state index in [1.807, 2.05) is 30.3 Å². The molecule has 114 valence electrons. The minimum atomic E-state index is -1.06. The summed E-state index contributed by atoms with van der Waals surface area (Å²) in [5.41, 5.74) is 1.73. The Labute approximate surface area is 128 Å². The van der Waals surface area contributed by atoms with Crippen molar-refractivity contribution < 1.29 is 14.7 Å². The molecule has 0 aliphatic rings. The molecular formula is C16H17N3O3. The summed E-state index contributed by atoms with van der Waals surface area (Å²) in [4.78, 5) is 33.1. The number of aliphatic carboxylic acids is 1. The zero-order chi connectivity index (χ0) is 16.1. The molecule has 1 N–H and O–H groups in total. The van der Waals surface area contributed by atoms with Crippen molar-refractivity contribution in [1.82, 2.24) is 14.9 Å². The Balaban J connectivity index is 2.28. The van der Waals surface area contributed by atoms with E-state index in [1.54, 1.807) is 13.8 Å². The molecule has 2 rings (SSSR count). The molecule has 1 heterocycles. The van der Waals surface area contributed by atoms with Crippen LogP contribution in [0.3, 0.4) is 0 Å². The molecule has 6 heteroatoms. The van der Waals surface area contributed by atoms with E-state index in [9.17, 15) is 9.59 Å². The van der Waals surface area contributed by atoms with E-state index in [1.165, 1.54) is 11.1 Å². The maximum atomic E-state index is 12.6. The van der Waals surface area contributed by atoms with E-state index >= 15 is 0 Å². The van der Waals surface area contributed by atoms with Crippen LogP contribution in [0, 0.1) is 13.8 Å². The number of carboxylic acid groups (broad SMARTS) is 1. The number of carbonyl (C=O) groups excluding carboxylic acids is 1. The predicted molar refractivity (Wildman–Crippen MR) is 80.3 cm³/mol. The summed E-state index contributed by atoms with van der Waals surface area (Å²) in [5.74, 6) is -0.874. The molecule has 6 nitrogen and oxygen atoms in total. The van der Waals surface area contributed by atoms with Crippen LogP contribution < -0.4 is 0 Å². The van der Waals surface area contributed by atoms with E-state index in [0.29, 0.717) is 17.1 Å². The normalized spacial score (nSPS) is 10.3. The van der Waals surface area contributed by atoms with Crippen LogP contribution >= 0.6 is 0 Å². The highest BCUT2D eigenvalue weighted by Gasteiger charge is 2.21. The molecule has 22 heavy (non-hydrogen) atoms. The second kappa shape index (κ2) is 6.80. The third kappa shape index (κ3) is 3.88. The van der Waals surface area contributed by atoms with Gasteiger partial charge in [-0.3, -0.25) is 9.59 Å². The van der Waals surface area contributed by atoms with Crippen molar-refractivity contribution in [1.29, 1.82) is 0 Å². The summed E-state index contributed by atoms with van der Waals surface area (Å²) in [6, 6.07) is 9.25. The summed E-state index contributed by atoms with van der Waals surface area (Å²) in [5, 5.41) is 9.05. The molecule has 0 radical (unpaired) electrons. The Hall–Kier alpha value is -2.76. The van der Waals surface area contributed by atoms with E-state index in [-0.39, 0.29) is 19.0 Å². The maximum Gasteiger partial charge on any atom is 0.323 e. The number of benzene rings is 1. The molecule has 2 aromatic rings. The van der Waals surface area contributed by atoms with Crippen molar-refractivity contribution >= 4 is 11.9 Å². The van der Waals surface area contributed by atoms with Gasteiger partial charge in [0.2, 0.25) is 0 Å². The Bertz CT molecular complexity index is 686. The fraction of sp³-hybridized carbons (Fsp3) is 0.250. The van der Waals surface area contributed by atoms with Crippen LogP contribution in [0.4, 0.5) is 0 Å². The number of hydrogen-bond acceptors (Lipinski definition) is 4. The fourth-order valence-corrected chi connectivity index (χ4v) is 2.13. The van der Waals surface area contributed by atoms with Gasteiger partial charge in [-0.1, -0.05) is 30.3 Å². The van der Waals surface area contributed by atoms with Crippen LogP contribution in [0.2, 0.25) is 0 Å². The van der Waals surface area contributed by atoms with E-state index < -0.39 is 5.97 Å². The highest BCUT2D eigenvalue weighted by Crippen LogP contribution is 2.12. The molecular weight excluding hydrogens is 282 g/mol. The average molecular weight is 299 g/mol. The van der Waals surface area contributed by atoms with Gasteiger partial charge in [-0.25, -0.2) is 9.97 Å². The smallest absolute Gasteiger partial charge is 0.323 e. The van der Waals surface area contributed by atoms with Crippen LogP contribution in [0.5, 0.6) is 0 Å². The first-order valence-electron chi connectivity index (χ1n) is 6.82. The molecule has 0 atom stereocenters. The molecule has 0 bridgehead atoms. The number of amides is 1. The van der Waals surface area contributed by atoms with E-state index in [4.69, 9.17) is 5.11 Å². The van der Waals surface area contributed by atoms with Gasteiger partial charge in [-0.15, -0.1) is 0 Å². The van der Waals surface area contributed by atoms with Crippen molar-refractivity contribution in [3.63, 3.8) is 0 Å². The summed E-state index contributed by atoms with van der Waals surface area (Å²) < 4.78 is 0.